The molecule has 0 unspecified atom stereocenters. The molecule has 0 bridgehead atoms. The van der Waals surface area contributed by atoms with E-state index in [1.54, 1.807) is 6.07 Å². The minimum absolute atomic E-state index is 0.125. The van der Waals surface area contributed by atoms with E-state index in [1.165, 1.54) is 17.7 Å². The van der Waals surface area contributed by atoms with Crippen molar-refractivity contribution in [2.24, 2.45) is 0 Å². The number of benzene rings is 3. The SMILES string of the molecule is CCCc1ccc(-c2ccc(OCc3cc(F)c(OC(F)(F)F)c(F)c3)c(F)c2)cc1. The van der Waals surface area contributed by atoms with Crippen molar-refractivity contribution in [3.63, 3.8) is 0 Å². The lowest BCUT2D eigenvalue weighted by molar-refractivity contribution is -0.276. The molecule has 0 saturated heterocycles. The van der Waals surface area contributed by atoms with Crippen LogP contribution in [-0.2, 0) is 13.0 Å². The van der Waals surface area contributed by atoms with E-state index in [4.69, 9.17) is 4.74 Å². The van der Waals surface area contributed by atoms with Gasteiger partial charge in [-0.15, -0.1) is 13.2 Å². The fourth-order valence-corrected chi connectivity index (χ4v) is 3.02. The molecule has 0 N–H and O–H groups in total. The highest BCUT2D eigenvalue weighted by Gasteiger charge is 2.34. The highest BCUT2D eigenvalue weighted by Crippen LogP contribution is 2.30. The Labute approximate surface area is 175 Å². The van der Waals surface area contributed by atoms with Crippen LogP contribution in [0.15, 0.2) is 54.6 Å². The predicted octanol–water partition coefficient (Wildman–Crippen LogP) is 7.20. The van der Waals surface area contributed by atoms with Gasteiger partial charge in [-0.1, -0.05) is 43.7 Å². The van der Waals surface area contributed by atoms with Crippen LogP contribution in [0.2, 0.25) is 0 Å². The van der Waals surface area contributed by atoms with E-state index in [9.17, 15) is 26.3 Å². The summed E-state index contributed by atoms with van der Waals surface area (Å²) in [5, 5.41) is 0. The third-order valence-electron chi connectivity index (χ3n) is 4.43. The molecular formula is C23H18F6O2. The lowest BCUT2D eigenvalue weighted by Crippen LogP contribution is -2.19. The van der Waals surface area contributed by atoms with E-state index in [1.807, 2.05) is 24.3 Å². The van der Waals surface area contributed by atoms with Crippen molar-refractivity contribution in [1.29, 1.82) is 0 Å². The van der Waals surface area contributed by atoms with Crippen molar-refractivity contribution in [3.05, 3.63) is 83.2 Å². The Kier molecular flexibility index (Phi) is 6.77. The van der Waals surface area contributed by atoms with Gasteiger partial charge in [-0.05, 0) is 52.9 Å². The van der Waals surface area contributed by atoms with Crippen LogP contribution in [0.3, 0.4) is 0 Å². The summed E-state index contributed by atoms with van der Waals surface area (Å²) in [7, 11) is 0. The maximum atomic E-state index is 14.4. The summed E-state index contributed by atoms with van der Waals surface area (Å²) >= 11 is 0. The molecule has 0 aliphatic carbocycles. The van der Waals surface area contributed by atoms with Gasteiger partial charge in [0, 0.05) is 0 Å². The van der Waals surface area contributed by atoms with Gasteiger partial charge in [-0.2, -0.15) is 0 Å². The Balaban J connectivity index is 1.71. The van der Waals surface area contributed by atoms with Crippen molar-refractivity contribution in [2.45, 2.75) is 32.7 Å². The zero-order valence-electron chi connectivity index (χ0n) is 16.4. The van der Waals surface area contributed by atoms with E-state index in [0.29, 0.717) is 17.7 Å². The lowest BCUT2D eigenvalue weighted by atomic mass is 10.0. The molecule has 0 heterocycles. The number of alkyl halides is 3. The molecule has 3 rings (SSSR count). The minimum atomic E-state index is -5.24. The number of aryl methyl sites for hydroxylation is 1. The van der Waals surface area contributed by atoms with Gasteiger partial charge in [0.15, 0.2) is 23.2 Å². The van der Waals surface area contributed by atoms with Crippen molar-refractivity contribution in [1.82, 2.24) is 0 Å². The second kappa shape index (κ2) is 9.32. The Morgan fingerprint density at radius 3 is 1.90 bits per heavy atom. The molecule has 0 atom stereocenters. The largest absolute Gasteiger partial charge is 0.573 e. The van der Waals surface area contributed by atoms with Crippen LogP contribution in [0, 0.1) is 17.5 Å². The Bertz CT molecular complexity index is 1020. The van der Waals surface area contributed by atoms with Gasteiger partial charge in [0.2, 0.25) is 5.75 Å². The second-order valence-corrected chi connectivity index (χ2v) is 6.82. The fourth-order valence-electron chi connectivity index (χ4n) is 3.02. The fraction of sp³-hybridized carbons (Fsp3) is 0.217. The average molecular weight is 440 g/mol. The standard InChI is InChI=1S/C23H18F6O2/c1-2-3-14-4-6-16(7-5-14)17-8-9-21(18(24)12-17)30-13-15-10-19(25)22(20(26)11-15)31-23(27,28)29/h4-12H,2-3,13H2,1H3. The molecule has 3 aromatic carbocycles. The molecule has 0 spiro atoms. The zero-order chi connectivity index (χ0) is 22.6. The van der Waals surface area contributed by atoms with Crippen LogP contribution in [0.5, 0.6) is 11.5 Å². The third kappa shape index (κ3) is 5.93. The molecule has 164 valence electrons. The van der Waals surface area contributed by atoms with Crippen LogP contribution in [0.1, 0.15) is 24.5 Å². The van der Waals surface area contributed by atoms with Crippen molar-refractivity contribution in [3.8, 4) is 22.6 Å². The van der Waals surface area contributed by atoms with Gasteiger partial charge in [-0.3, -0.25) is 0 Å². The Morgan fingerprint density at radius 1 is 0.742 bits per heavy atom. The van der Waals surface area contributed by atoms with E-state index < -0.39 is 36.2 Å². The average Bonchev–Trinajstić information content (AvgIpc) is 2.70. The van der Waals surface area contributed by atoms with Crippen LogP contribution >= 0.6 is 0 Å². The molecule has 8 heteroatoms. The molecule has 0 amide bonds. The van der Waals surface area contributed by atoms with Gasteiger partial charge in [0.05, 0.1) is 0 Å². The topological polar surface area (TPSA) is 18.5 Å². The van der Waals surface area contributed by atoms with Crippen LogP contribution in [-0.4, -0.2) is 6.36 Å². The summed E-state index contributed by atoms with van der Waals surface area (Å²) in [6, 6.07) is 13.3. The molecule has 3 aromatic rings. The highest BCUT2D eigenvalue weighted by atomic mass is 19.4. The number of hydrogen-bond acceptors (Lipinski definition) is 2. The molecule has 0 saturated carbocycles. The van der Waals surface area contributed by atoms with Crippen molar-refractivity contribution >= 4 is 0 Å². The smallest absolute Gasteiger partial charge is 0.486 e. The molecule has 0 fully saturated rings. The van der Waals surface area contributed by atoms with Gasteiger partial charge < -0.3 is 9.47 Å². The van der Waals surface area contributed by atoms with E-state index >= 15 is 0 Å². The molecule has 0 radical (unpaired) electrons. The quantitative estimate of drug-likeness (QED) is 0.362. The first-order valence-corrected chi connectivity index (χ1v) is 9.41. The summed E-state index contributed by atoms with van der Waals surface area (Å²) in [6.45, 7) is 1.62. The third-order valence-corrected chi connectivity index (χ3v) is 4.43. The molecule has 31 heavy (non-hydrogen) atoms. The first kappa shape index (κ1) is 22.5. The van der Waals surface area contributed by atoms with Crippen molar-refractivity contribution < 1.29 is 35.8 Å². The minimum Gasteiger partial charge on any atom is -0.486 e. The van der Waals surface area contributed by atoms with Gasteiger partial charge in [-0.25, -0.2) is 13.2 Å². The van der Waals surface area contributed by atoms with Crippen LogP contribution in [0.25, 0.3) is 11.1 Å². The maximum Gasteiger partial charge on any atom is 0.573 e. The number of hydrogen-bond donors (Lipinski definition) is 0. The second-order valence-electron chi connectivity index (χ2n) is 6.82. The first-order valence-electron chi connectivity index (χ1n) is 9.41. The first-order chi connectivity index (χ1) is 14.7. The molecule has 0 aliphatic heterocycles. The van der Waals surface area contributed by atoms with Crippen molar-refractivity contribution in [2.75, 3.05) is 0 Å². The molecular weight excluding hydrogens is 422 g/mol. The van der Waals surface area contributed by atoms with Crippen LogP contribution in [0.4, 0.5) is 26.3 Å². The summed E-state index contributed by atoms with van der Waals surface area (Å²) in [5.74, 6) is -5.50. The highest BCUT2D eigenvalue weighted by molar-refractivity contribution is 5.64. The van der Waals surface area contributed by atoms with Gasteiger partial charge >= 0.3 is 6.36 Å². The normalized spacial score (nSPS) is 11.5. The Morgan fingerprint density at radius 2 is 1.35 bits per heavy atom. The molecule has 0 aromatic heterocycles. The van der Waals surface area contributed by atoms with E-state index in [-0.39, 0.29) is 11.3 Å². The molecule has 0 aliphatic rings. The van der Waals surface area contributed by atoms with Gasteiger partial charge in [0.25, 0.3) is 0 Å². The number of ether oxygens (including phenoxy) is 2. The van der Waals surface area contributed by atoms with Gasteiger partial charge in [0.1, 0.15) is 6.61 Å². The zero-order valence-corrected chi connectivity index (χ0v) is 16.4. The summed E-state index contributed by atoms with van der Waals surface area (Å²) in [5.41, 5.74) is 2.49. The van der Waals surface area contributed by atoms with Crippen LogP contribution < -0.4 is 9.47 Å². The molecule has 2 nitrogen and oxygen atoms in total. The predicted molar refractivity (Wildman–Crippen MR) is 103 cm³/mol. The maximum absolute atomic E-state index is 14.4. The summed E-state index contributed by atoms with van der Waals surface area (Å²) in [4.78, 5) is 0. The Hall–Kier alpha value is -3.16. The summed E-state index contributed by atoms with van der Waals surface area (Å²) < 4.78 is 87.1. The van der Waals surface area contributed by atoms with E-state index in [0.717, 1.165) is 18.4 Å². The van der Waals surface area contributed by atoms with E-state index in [2.05, 4.69) is 11.7 Å². The number of rotatable bonds is 7. The monoisotopic (exact) mass is 440 g/mol. The lowest BCUT2D eigenvalue weighted by Gasteiger charge is -2.13. The number of halogens is 6. The summed E-state index contributed by atoms with van der Waals surface area (Å²) in [6.07, 6.45) is -3.27.